The Morgan fingerprint density at radius 1 is 1.07 bits per heavy atom. The molecule has 1 fully saturated rings. The Morgan fingerprint density at radius 3 is 2.58 bits per heavy atom. The van der Waals surface area contributed by atoms with Crippen LogP contribution >= 0.6 is 0 Å². The summed E-state index contributed by atoms with van der Waals surface area (Å²) >= 11 is 0. The third-order valence-electron chi connectivity index (χ3n) is 7.46. The molecule has 0 aliphatic carbocycles. The maximum Gasteiger partial charge on any atom is 0.264 e. The molecule has 0 saturated carbocycles. The van der Waals surface area contributed by atoms with Crippen LogP contribution in [0, 0.1) is 5.82 Å². The van der Waals surface area contributed by atoms with Crippen molar-refractivity contribution in [2.75, 3.05) is 32.1 Å². The summed E-state index contributed by atoms with van der Waals surface area (Å²) in [5.74, 6) is -2.83. The number of hydrogen-bond donors (Lipinski definition) is 2. The highest BCUT2D eigenvalue weighted by Gasteiger charge is 2.45. The van der Waals surface area contributed by atoms with Crippen molar-refractivity contribution >= 4 is 35.2 Å². The molecule has 1 saturated heterocycles. The quantitative estimate of drug-likeness (QED) is 0.258. The summed E-state index contributed by atoms with van der Waals surface area (Å²) in [6.07, 6.45) is 3.53. The van der Waals surface area contributed by atoms with Gasteiger partial charge in [0.15, 0.2) is 0 Å². The summed E-state index contributed by atoms with van der Waals surface area (Å²) < 4.78 is 19.2. The average molecular weight is 588 g/mol. The third kappa shape index (κ3) is 6.28. The molecule has 222 valence electrons. The van der Waals surface area contributed by atoms with Gasteiger partial charge < -0.3 is 15.0 Å². The molecular weight excluding hydrogens is 557 g/mol. The van der Waals surface area contributed by atoms with Crippen LogP contribution in [0.4, 0.5) is 10.1 Å². The van der Waals surface area contributed by atoms with Crippen molar-refractivity contribution in [2.45, 2.75) is 31.3 Å². The van der Waals surface area contributed by atoms with Gasteiger partial charge in [0.25, 0.3) is 11.8 Å². The molecule has 2 aliphatic rings. The molecule has 2 aromatic carbocycles. The van der Waals surface area contributed by atoms with E-state index in [0.717, 1.165) is 16.0 Å². The first-order valence-electron chi connectivity index (χ1n) is 13.8. The minimum Gasteiger partial charge on any atom is -0.382 e. The van der Waals surface area contributed by atoms with Gasteiger partial charge in [-0.2, -0.15) is 0 Å². The topological polar surface area (TPSA) is 138 Å². The van der Waals surface area contributed by atoms with Gasteiger partial charge in [-0.3, -0.25) is 39.2 Å². The Balaban J connectivity index is 1.14. The lowest BCUT2D eigenvalue weighted by molar-refractivity contribution is -0.136. The van der Waals surface area contributed by atoms with Crippen LogP contribution in [0.2, 0.25) is 0 Å². The molecule has 2 unspecified atom stereocenters. The molecule has 5 amide bonds. The Morgan fingerprint density at radius 2 is 1.86 bits per heavy atom. The number of imide groups is 2. The molecule has 5 rings (SSSR count). The molecule has 3 aromatic rings. The van der Waals surface area contributed by atoms with E-state index in [0.29, 0.717) is 5.69 Å². The third-order valence-corrected chi connectivity index (χ3v) is 7.46. The lowest BCUT2D eigenvalue weighted by atomic mass is 9.98. The van der Waals surface area contributed by atoms with Gasteiger partial charge in [-0.15, -0.1) is 0 Å². The molecule has 3 heterocycles. The lowest BCUT2D eigenvalue weighted by Crippen LogP contribution is -2.54. The summed E-state index contributed by atoms with van der Waals surface area (Å²) in [5.41, 5.74) is 2.29. The molecule has 43 heavy (non-hydrogen) atoms. The number of hydrogen-bond acceptors (Lipinski definition) is 8. The minimum atomic E-state index is -1.04. The molecule has 2 N–H and O–H groups in total. The summed E-state index contributed by atoms with van der Waals surface area (Å²) in [6.45, 7) is 0.638. The standard InChI is InChI=1S/C31H30FN5O6/c1-36(28(20-4-3-14-33-18-20)19-7-9-21(32)10-8-19)26(39)13-16-43-17-15-34-23-6-2-5-22-27(23)31(42)37(30(22)41)24-11-12-25(38)35-29(24)40/h2-10,14,18,24,28,34H,11-13,15-17H2,1H3,(H,35,38,40). The molecule has 2 atom stereocenters. The Labute approximate surface area is 247 Å². The molecule has 0 spiro atoms. The number of carbonyl (C=O) groups is 5. The van der Waals surface area contributed by atoms with E-state index < -0.39 is 35.7 Å². The highest BCUT2D eigenvalue weighted by atomic mass is 19.1. The van der Waals surface area contributed by atoms with E-state index in [2.05, 4.69) is 15.6 Å². The van der Waals surface area contributed by atoms with Crippen LogP contribution in [0.1, 0.15) is 57.1 Å². The largest absolute Gasteiger partial charge is 0.382 e. The number of halogens is 1. The van der Waals surface area contributed by atoms with Crippen molar-refractivity contribution in [1.29, 1.82) is 0 Å². The van der Waals surface area contributed by atoms with E-state index in [-0.39, 0.29) is 61.9 Å². The zero-order valence-electron chi connectivity index (χ0n) is 23.4. The first-order valence-corrected chi connectivity index (χ1v) is 13.8. The van der Waals surface area contributed by atoms with E-state index in [9.17, 15) is 28.4 Å². The van der Waals surface area contributed by atoms with Gasteiger partial charge >= 0.3 is 0 Å². The van der Waals surface area contributed by atoms with E-state index >= 15 is 0 Å². The summed E-state index contributed by atoms with van der Waals surface area (Å²) in [5, 5.41) is 5.28. The first-order chi connectivity index (χ1) is 20.8. The fraction of sp³-hybridized carbons (Fsp3) is 0.290. The number of rotatable bonds is 11. The molecule has 2 aliphatic heterocycles. The van der Waals surface area contributed by atoms with Crippen molar-refractivity contribution in [3.05, 3.63) is 95.1 Å². The van der Waals surface area contributed by atoms with Crippen LogP contribution in [-0.2, 0) is 19.1 Å². The van der Waals surface area contributed by atoms with E-state index in [1.807, 2.05) is 6.07 Å². The van der Waals surface area contributed by atoms with Crippen LogP contribution in [0.3, 0.4) is 0 Å². The second-order valence-electron chi connectivity index (χ2n) is 10.2. The zero-order valence-corrected chi connectivity index (χ0v) is 23.4. The fourth-order valence-corrected chi connectivity index (χ4v) is 5.32. The van der Waals surface area contributed by atoms with Gasteiger partial charge in [0, 0.05) is 38.1 Å². The molecule has 0 radical (unpaired) electrons. The highest BCUT2D eigenvalue weighted by molar-refractivity contribution is 6.25. The SMILES string of the molecule is CN(C(=O)CCOCCNc1cccc2c1C(=O)N(C1CCC(=O)NC1=O)C2=O)C(c1ccc(F)cc1)c1cccnc1. The molecule has 11 nitrogen and oxygen atoms in total. The lowest BCUT2D eigenvalue weighted by Gasteiger charge is -2.29. The maximum absolute atomic E-state index is 13.5. The monoisotopic (exact) mass is 587 g/mol. The number of aromatic nitrogens is 1. The molecule has 1 aromatic heterocycles. The van der Waals surface area contributed by atoms with Crippen molar-refractivity contribution in [3.8, 4) is 0 Å². The van der Waals surface area contributed by atoms with Gasteiger partial charge in [-0.05, 0) is 47.9 Å². The predicted octanol–water partition coefficient (Wildman–Crippen LogP) is 2.69. The normalized spacial score (nSPS) is 17.0. The van der Waals surface area contributed by atoms with Crippen LogP contribution in [-0.4, -0.2) is 77.2 Å². The van der Waals surface area contributed by atoms with Crippen molar-refractivity contribution in [1.82, 2.24) is 20.1 Å². The average Bonchev–Trinajstić information content (AvgIpc) is 3.26. The fourth-order valence-electron chi connectivity index (χ4n) is 5.32. The van der Waals surface area contributed by atoms with Crippen molar-refractivity contribution < 1.29 is 33.1 Å². The number of ether oxygens (including phenoxy) is 1. The van der Waals surface area contributed by atoms with Crippen LogP contribution in [0.25, 0.3) is 0 Å². The summed E-state index contributed by atoms with van der Waals surface area (Å²) in [4.78, 5) is 69.8. The molecule has 0 bridgehead atoms. The van der Waals surface area contributed by atoms with E-state index in [1.54, 1.807) is 54.7 Å². The highest BCUT2D eigenvalue weighted by Crippen LogP contribution is 2.32. The number of anilines is 1. The van der Waals surface area contributed by atoms with Crippen molar-refractivity contribution in [3.63, 3.8) is 0 Å². The van der Waals surface area contributed by atoms with Crippen LogP contribution in [0.15, 0.2) is 67.0 Å². The minimum absolute atomic E-state index is 0.0426. The number of piperidine rings is 1. The second-order valence-corrected chi connectivity index (χ2v) is 10.2. The summed E-state index contributed by atoms with van der Waals surface area (Å²) in [7, 11) is 1.68. The predicted molar refractivity (Wildman–Crippen MR) is 152 cm³/mol. The number of benzene rings is 2. The Hall–Kier alpha value is -4.97. The van der Waals surface area contributed by atoms with Crippen LogP contribution < -0.4 is 10.6 Å². The maximum atomic E-state index is 13.5. The summed E-state index contributed by atoms with van der Waals surface area (Å²) in [6, 6.07) is 12.9. The number of fused-ring (bicyclic) bond motifs is 1. The number of carbonyl (C=O) groups excluding carboxylic acids is 5. The van der Waals surface area contributed by atoms with Gasteiger partial charge in [0.2, 0.25) is 17.7 Å². The van der Waals surface area contributed by atoms with E-state index in [4.69, 9.17) is 4.74 Å². The van der Waals surface area contributed by atoms with Gasteiger partial charge in [-0.25, -0.2) is 4.39 Å². The van der Waals surface area contributed by atoms with E-state index in [1.165, 1.54) is 18.2 Å². The van der Waals surface area contributed by atoms with Gasteiger partial charge in [-0.1, -0.05) is 24.3 Å². The Kier molecular flexibility index (Phi) is 8.86. The molecule has 12 heteroatoms. The number of nitrogens with one attached hydrogen (secondary N) is 2. The van der Waals surface area contributed by atoms with Crippen LogP contribution in [0.5, 0.6) is 0 Å². The number of nitrogens with zero attached hydrogens (tertiary/aromatic N) is 3. The van der Waals surface area contributed by atoms with Gasteiger partial charge in [0.1, 0.15) is 11.9 Å². The number of amides is 5. The van der Waals surface area contributed by atoms with Crippen molar-refractivity contribution in [2.24, 2.45) is 0 Å². The zero-order chi connectivity index (χ0) is 30.5. The van der Waals surface area contributed by atoms with Gasteiger partial charge in [0.05, 0.1) is 36.8 Å². The number of pyridine rings is 1. The first kappa shape index (κ1) is 29.5. The Bertz CT molecular complexity index is 1550. The molecular formula is C31H30FN5O6. The smallest absolute Gasteiger partial charge is 0.264 e. The second kappa shape index (κ2) is 12.9.